The number of aryl methyl sites for hydroxylation is 1. The average Bonchev–Trinajstić information content (AvgIpc) is 3.35. The van der Waals surface area contributed by atoms with Gasteiger partial charge in [-0.05, 0) is 68.5 Å². The molecule has 6 heteroatoms. The molecule has 0 saturated heterocycles. The summed E-state index contributed by atoms with van der Waals surface area (Å²) in [5.41, 5.74) is 5.45. The van der Waals surface area contributed by atoms with Gasteiger partial charge in [0.1, 0.15) is 5.75 Å². The number of benzene rings is 2. The SMILES string of the molecule is Cc1cc(-c2nc(-c3cccc4c3CCC4NCCO)no2)ccc1OC(C)C. The summed E-state index contributed by atoms with van der Waals surface area (Å²) in [6.07, 6.45) is 2.09. The summed E-state index contributed by atoms with van der Waals surface area (Å²) < 4.78 is 11.4. The lowest BCUT2D eigenvalue weighted by Gasteiger charge is -2.13. The number of ether oxygens (including phenoxy) is 1. The van der Waals surface area contributed by atoms with Crippen LogP contribution in [0.1, 0.15) is 43.0 Å². The van der Waals surface area contributed by atoms with Crippen LogP contribution in [0.25, 0.3) is 22.8 Å². The van der Waals surface area contributed by atoms with Crippen LogP contribution in [0.2, 0.25) is 0 Å². The monoisotopic (exact) mass is 393 g/mol. The third-order valence-corrected chi connectivity index (χ3v) is 5.22. The number of aliphatic hydroxyl groups is 1. The molecule has 1 aliphatic rings. The Bertz CT molecular complexity index is 997. The van der Waals surface area contributed by atoms with E-state index in [2.05, 4.69) is 21.5 Å². The Balaban J connectivity index is 1.61. The molecule has 1 heterocycles. The maximum atomic E-state index is 9.09. The maximum absolute atomic E-state index is 9.09. The zero-order valence-corrected chi connectivity index (χ0v) is 17.1. The van der Waals surface area contributed by atoms with Crippen LogP contribution in [-0.4, -0.2) is 34.5 Å². The largest absolute Gasteiger partial charge is 0.491 e. The standard InChI is InChI=1S/C23H27N3O3/c1-14(2)28-21-10-7-16(13-15(21)3)23-25-22(26-29-23)19-6-4-5-18-17(19)8-9-20(18)24-11-12-27/h4-7,10,13-14,20,24,27H,8-9,11-12H2,1-3H3. The zero-order chi connectivity index (χ0) is 20.4. The third-order valence-electron chi connectivity index (χ3n) is 5.22. The van der Waals surface area contributed by atoms with Crippen molar-refractivity contribution in [1.82, 2.24) is 15.5 Å². The Morgan fingerprint density at radius 3 is 2.90 bits per heavy atom. The molecule has 2 N–H and O–H groups in total. The molecule has 0 saturated carbocycles. The molecule has 1 aliphatic carbocycles. The molecule has 152 valence electrons. The van der Waals surface area contributed by atoms with Crippen LogP contribution in [0.5, 0.6) is 5.75 Å². The number of hydrogen-bond donors (Lipinski definition) is 2. The van der Waals surface area contributed by atoms with Gasteiger partial charge in [0.15, 0.2) is 0 Å². The van der Waals surface area contributed by atoms with Gasteiger partial charge < -0.3 is 19.7 Å². The summed E-state index contributed by atoms with van der Waals surface area (Å²) in [7, 11) is 0. The normalized spacial score (nSPS) is 15.7. The molecular weight excluding hydrogens is 366 g/mol. The Morgan fingerprint density at radius 1 is 1.28 bits per heavy atom. The first-order chi connectivity index (χ1) is 14.1. The molecule has 6 nitrogen and oxygen atoms in total. The zero-order valence-electron chi connectivity index (χ0n) is 17.1. The van der Waals surface area contributed by atoms with E-state index in [1.807, 2.05) is 51.1 Å². The Labute approximate surface area is 170 Å². The molecule has 0 fully saturated rings. The smallest absolute Gasteiger partial charge is 0.258 e. The van der Waals surface area contributed by atoms with Gasteiger partial charge in [0, 0.05) is 23.7 Å². The Morgan fingerprint density at radius 2 is 2.14 bits per heavy atom. The Kier molecular flexibility index (Phi) is 5.65. The van der Waals surface area contributed by atoms with E-state index in [-0.39, 0.29) is 18.8 Å². The number of nitrogens with zero attached hydrogens (tertiary/aromatic N) is 2. The topological polar surface area (TPSA) is 80.4 Å². The van der Waals surface area contributed by atoms with Crippen molar-refractivity contribution in [1.29, 1.82) is 0 Å². The summed E-state index contributed by atoms with van der Waals surface area (Å²) in [5, 5.41) is 16.7. The highest BCUT2D eigenvalue weighted by atomic mass is 16.5. The van der Waals surface area contributed by atoms with Crippen LogP contribution in [0.4, 0.5) is 0 Å². The summed E-state index contributed by atoms with van der Waals surface area (Å²) in [5.74, 6) is 1.98. The van der Waals surface area contributed by atoms with Crippen molar-refractivity contribution in [2.45, 2.75) is 45.8 Å². The molecule has 1 aromatic heterocycles. The lowest BCUT2D eigenvalue weighted by atomic mass is 10.0. The minimum atomic E-state index is 0.130. The molecule has 0 spiro atoms. The predicted molar refractivity (Wildman–Crippen MR) is 112 cm³/mol. The summed E-state index contributed by atoms with van der Waals surface area (Å²) in [4.78, 5) is 4.67. The van der Waals surface area contributed by atoms with Gasteiger partial charge in [-0.1, -0.05) is 23.4 Å². The first-order valence-corrected chi connectivity index (χ1v) is 10.1. The minimum Gasteiger partial charge on any atom is -0.491 e. The second-order valence-corrected chi connectivity index (χ2v) is 7.71. The molecule has 29 heavy (non-hydrogen) atoms. The number of rotatable bonds is 7. The summed E-state index contributed by atoms with van der Waals surface area (Å²) in [6.45, 7) is 6.78. The highest BCUT2D eigenvalue weighted by molar-refractivity contribution is 5.66. The van der Waals surface area contributed by atoms with Crippen molar-refractivity contribution in [2.75, 3.05) is 13.2 Å². The van der Waals surface area contributed by atoms with Crippen LogP contribution in [-0.2, 0) is 6.42 Å². The van der Waals surface area contributed by atoms with Crippen molar-refractivity contribution in [3.8, 4) is 28.6 Å². The van der Waals surface area contributed by atoms with E-state index in [1.165, 1.54) is 11.1 Å². The van der Waals surface area contributed by atoms with Crippen LogP contribution in [0, 0.1) is 6.92 Å². The lowest BCUT2D eigenvalue weighted by molar-refractivity contribution is 0.241. The quantitative estimate of drug-likeness (QED) is 0.630. The lowest BCUT2D eigenvalue weighted by Crippen LogP contribution is -2.22. The second-order valence-electron chi connectivity index (χ2n) is 7.71. The van der Waals surface area contributed by atoms with E-state index in [4.69, 9.17) is 14.4 Å². The molecule has 0 amide bonds. The van der Waals surface area contributed by atoms with Crippen LogP contribution in [0.15, 0.2) is 40.9 Å². The van der Waals surface area contributed by atoms with Gasteiger partial charge in [0.25, 0.3) is 5.89 Å². The van der Waals surface area contributed by atoms with Crippen LogP contribution >= 0.6 is 0 Å². The molecule has 1 atom stereocenters. The van der Waals surface area contributed by atoms with Crippen molar-refractivity contribution in [2.24, 2.45) is 0 Å². The Hall–Kier alpha value is -2.70. The van der Waals surface area contributed by atoms with Crippen molar-refractivity contribution in [3.63, 3.8) is 0 Å². The number of aliphatic hydroxyl groups excluding tert-OH is 1. The van der Waals surface area contributed by atoms with Gasteiger partial charge in [0.05, 0.1) is 12.7 Å². The average molecular weight is 393 g/mol. The van der Waals surface area contributed by atoms with E-state index in [9.17, 15) is 0 Å². The highest BCUT2D eigenvalue weighted by Crippen LogP contribution is 2.37. The number of hydrogen-bond acceptors (Lipinski definition) is 6. The van der Waals surface area contributed by atoms with E-state index in [1.54, 1.807) is 0 Å². The molecular formula is C23H27N3O3. The van der Waals surface area contributed by atoms with Gasteiger partial charge in [-0.3, -0.25) is 0 Å². The molecule has 0 aliphatic heterocycles. The fourth-order valence-corrected chi connectivity index (χ4v) is 3.93. The van der Waals surface area contributed by atoms with Gasteiger partial charge in [-0.2, -0.15) is 4.98 Å². The first kappa shape index (κ1) is 19.6. The van der Waals surface area contributed by atoms with Crippen LogP contribution < -0.4 is 10.1 Å². The fraction of sp³-hybridized carbons (Fsp3) is 0.391. The summed E-state index contributed by atoms with van der Waals surface area (Å²) in [6, 6.07) is 12.4. The van der Waals surface area contributed by atoms with Gasteiger partial charge in [-0.15, -0.1) is 0 Å². The first-order valence-electron chi connectivity index (χ1n) is 10.1. The maximum Gasteiger partial charge on any atom is 0.258 e. The second kappa shape index (κ2) is 8.35. The van der Waals surface area contributed by atoms with Gasteiger partial charge >= 0.3 is 0 Å². The number of aromatic nitrogens is 2. The predicted octanol–water partition coefficient (Wildman–Crippen LogP) is 4.07. The van der Waals surface area contributed by atoms with Crippen molar-refractivity contribution < 1.29 is 14.4 Å². The summed E-state index contributed by atoms with van der Waals surface area (Å²) >= 11 is 0. The molecule has 4 rings (SSSR count). The minimum absolute atomic E-state index is 0.130. The van der Waals surface area contributed by atoms with Crippen molar-refractivity contribution in [3.05, 3.63) is 53.1 Å². The molecule has 0 radical (unpaired) electrons. The fourth-order valence-electron chi connectivity index (χ4n) is 3.93. The van der Waals surface area contributed by atoms with Gasteiger partial charge in [0.2, 0.25) is 5.82 Å². The number of nitrogens with one attached hydrogen (secondary N) is 1. The molecule has 3 aromatic rings. The van der Waals surface area contributed by atoms with Gasteiger partial charge in [-0.25, -0.2) is 0 Å². The molecule has 2 aromatic carbocycles. The highest BCUT2D eigenvalue weighted by Gasteiger charge is 2.26. The van der Waals surface area contributed by atoms with E-state index in [0.717, 1.165) is 35.3 Å². The van der Waals surface area contributed by atoms with E-state index >= 15 is 0 Å². The number of fused-ring (bicyclic) bond motifs is 1. The molecule has 1 unspecified atom stereocenters. The molecule has 0 bridgehead atoms. The van der Waals surface area contributed by atoms with E-state index < -0.39 is 0 Å². The van der Waals surface area contributed by atoms with Crippen molar-refractivity contribution >= 4 is 0 Å². The third kappa shape index (κ3) is 4.04. The van der Waals surface area contributed by atoms with Crippen LogP contribution in [0.3, 0.4) is 0 Å². The van der Waals surface area contributed by atoms with E-state index in [0.29, 0.717) is 18.3 Å².